The van der Waals surface area contributed by atoms with Crippen LogP contribution in [0.4, 0.5) is 5.82 Å². The fourth-order valence-electron chi connectivity index (χ4n) is 4.44. The third-order valence-corrected chi connectivity index (χ3v) is 5.96. The second-order valence-corrected chi connectivity index (χ2v) is 8.00. The minimum atomic E-state index is 0.00328. The van der Waals surface area contributed by atoms with Crippen molar-refractivity contribution >= 4 is 11.7 Å². The topological polar surface area (TPSA) is 46.9 Å². The monoisotopic (exact) mass is 407 g/mol. The van der Waals surface area contributed by atoms with Crippen molar-refractivity contribution < 1.29 is 4.79 Å². The summed E-state index contributed by atoms with van der Waals surface area (Å²) < 4.78 is 1.89. The lowest BCUT2D eigenvalue weighted by molar-refractivity contribution is -0.116. The number of benzene rings is 3. The Kier molecular flexibility index (Phi) is 5.36. The third kappa shape index (κ3) is 4.02. The lowest BCUT2D eigenvalue weighted by Gasteiger charge is -2.18. The summed E-state index contributed by atoms with van der Waals surface area (Å²) in [5.41, 5.74) is 5.53. The molecule has 1 aliphatic carbocycles. The van der Waals surface area contributed by atoms with Crippen molar-refractivity contribution in [1.29, 1.82) is 0 Å². The second-order valence-electron chi connectivity index (χ2n) is 8.00. The molecule has 0 spiro atoms. The van der Waals surface area contributed by atoms with Gasteiger partial charge in [-0.1, -0.05) is 78.9 Å². The van der Waals surface area contributed by atoms with Crippen LogP contribution in [0.25, 0.3) is 5.69 Å². The summed E-state index contributed by atoms with van der Waals surface area (Å²) in [6.07, 6.45) is 3.39. The number of nitrogens with zero attached hydrogens (tertiary/aromatic N) is 2. The van der Waals surface area contributed by atoms with Crippen LogP contribution in [0.3, 0.4) is 0 Å². The molecule has 4 aromatic rings. The Morgan fingerprint density at radius 2 is 1.42 bits per heavy atom. The van der Waals surface area contributed by atoms with Crippen LogP contribution >= 0.6 is 0 Å². The summed E-state index contributed by atoms with van der Waals surface area (Å²) in [4.78, 5) is 13.3. The molecule has 0 unspecified atom stereocenters. The van der Waals surface area contributed by atoms with Gasteiger partial charge in [-0.05, 0) is 42.5 Å². The number of aromatic nitrogens is 2. The summed E-state index contributed by atoms with van der Waals surface area (Å²) >= 11 is 0. The van der Waals surface area contributed by atoms with Crippen molar-refractivity contribution in [2.45, 2.75) is 31.6 Å². The number of aryl methyl sites for hydroxylation is 1. The quantitative estimate of drug-likeness (QED) is 0.457. The molecule has 1 heterocycles. The van der Waals surface area contributed by atoms with Crippen LogP contribution in [0.1, 0.15) is 41.1 Å². The van der Waals surface area contributed by atoms with Crippen molar-refractivity contribution in [3.05, 3.63) is 113 Å². The first-order valence-electron chi connectivity index (χ1n) is 10.9. The summed E-state index contributed by atoms with van der Waals surface area (Å²) in [5.74, 6) is 0.830. The molecular formula is C27H25N3O. The van der Waals surface area contributed by atoms with E-state index in [1.807, 2.05) is 71.4 Å². The average Bonchev–Trinajstić information content (AvgIpc) is 3.42. The number of amides is 1. The Morgan fingerprint density at radius 1 is 0.839 bits per heavy atom. The number of carbonyl (C=O) groups is 1. The van der Waals surface area contributed by atoms with Crippen molar-refractivity contribution in [2.24, 2.45) is 0 Å². The van der Waals surface area contributed by atoms with Gasteiger partial charge in [-0.15, -0.1) is 0 Å². The fraction of sp³-hybridized carbons (Fsp3) is 0.185. The number of rotatable bonds is 6. The molecule has 0 saturated carbocycles. The smallest absolute Gasteiger partial charge is 0.226 e. The van der Waals surface area contributed by atoms with Gasteiger partial charge in [-0.25, -0.2) is 4.68 Å². The molecule has 31 heavy (non-hydrogen) atoms. The van der Waals surface area contributed by atoms with E-state index >= 15 is 0 Å². The zero-order valence-electron chi connectivity index (χ0n) is 17.4. The van der Waals surface area contributed by atoms with Crippen molar-refractivity contribution in [3.63, 3.8) is 0 Å². The van der Waals surface area contributed by atoms with Crippen LogP contribution in [0.5, 0.6) is 0 Å². The van der Waals surface area contributed by atoms with Crippen molar-refractivity contribution in [3.8, 4) is 5.69 Å². The highest BCUT2D eigenvalue weighted by Crippen LogP contribution is 2.32. The number of nitrogens with one attached hydrogen (secondary N) is 1. The molecule has 3 aromatic carbocycles. The highest BCUT2D eigenvalue weighted by atomic mass is 16.1. The molecule has 1 aromatic heterocycles. The maximum absolute atomic E-state index is 13.3. The summed E-state index contributed by atoms with van der Waals surface area (Å²) in [7, 11) is 0. The van der Waals surface area contributed by atoms with Gasteiger partial charge in [0.25, 0.3) is 0 Å². The molecule has 0 saturated heterocycles. The van der Waals surface area contributed by atoms with Crippen LogP contribution in [0.15, 0.2) is 91.0 Å². The molecule has 0 atom stereocenters. The minimum absolute atomic E-state index is 0.00328. The minimum Gasteiger partial charge on any atom is -0.310 e. The molecule has 0 fully saturated rings. The van der Waals surface area contributed by atoms with Gasteiger partial charge >= 0.3 is 0 Å². The Bertz CT molecular complexity index is 1130. The maximum Gasteiger partial charge on any atom is 0.226 e. The number of para-hydroxylation sites is 1. The number of anilines is 1. The Morgan fingerprint density at radius 3 is 2.03 bits per heavy atom. The van der Waals surface area contributed by atoms with E-state index in [-0.39, 0.29) is 11.8 Å². The van der Waals surface area contributed by atoms with E-state index in [4.69, 9.17) is 5.10 Å². The summed E-state index contributed by atoms with van der Waals surface area (Å²) in [5, 5.41) is 8.03. The van der Waals surface area contributed by atoms with Crippen molar-refractivity contribution in [2.75, 3.05) is 5.32 Å². The molecule has 1 aliphatic rings. The fourth-order valence-corrected chi connectivity index (χ4v) is 4.44. The number of hydrogen-bond acceptors (Lipinski definition) is 2. The largest absolute Gasteiger partial charge is 0.310 e. The van der Waals surface area contributed by atoms with Gasteiger partial charge in [0.15, 0.2) is 0 Å². The van der Waals surface area contributed by atoms with Gasteiger partial charge in [-0.2, -0.15) is 5.10 Å². The molecule has 1 amide bonds. The Labute approximate surface area is 182 Å². The molecule has 0 radical (unpaired) electrons. The van der Waals surface area contributed by atoms with Gasteiger partial charge in [0.2, 0.25) is 5.91 Å². The predicted octanol–water partition coefficient (Wildman–Crippen LogP) is 5.52. The number of carbonyl (C=O) groups excluding carboxylic acids is 1. The van der Waals surface area contributed by atoms with E-state index in [1.165, 1.54) is 5.56 Å². The molecule has 1 N–H and O–H groups in total. The standard InChI is InChI=1S/C27H25N3O/c31-26(19-24(20-11-4-1-5-12-20)21-13-6-2-7-14-21)28-27-23-17-10-18-25(23)29-30(27)22-15-8-3-9-16-22/h1-9,11-16,24H,10,17-19H2,(H,28,31). The van der Waals surface area contributed by atoms with Gasteiger partial charge in [0, 0.05) is 17.9 Å². The summed E-state index contributed by atoms with van der Waals surface area (Å²) in [6, 6.07) is 30.5. The molecular weight excluding hydrogens is 382 g/mol. The maximum atomic E-state index is 13.3. The molecule has 4 heteroatoms. The van der Waals surface area contributed by atoms with Gasteiger partial charge in [0.05, 0.1) is 11.4 Å². The third-order valence-electron chi connectivity index (χ3n) is 5.96. The molecule has 0 bridgehead atoms. The van der Waals surface area contributed by atoms with E-state index < -0.39 is 0 Å². The summed E-state index contributed by atoms with van der Waals surface area (Å²) in [6.45, 7) is 0. The zero-order chi connectivity index (χ0) is 21.0. The van der Waals surface area contributed by atoms with Crippen LogP contribution in [-0.4, -0.2) is 15.7 Å². The average molecular weight is 408 g/mol. The van der Waals surface area contributed by atoms with Crippen LogP contribution in [-0.2, 0) is 17.6 Å². The first kappa shape index (κ1) is 19.3. The van der Waals surface area contributed by atoms with Gasteiger partial charge in [-0.3, -0.25) is 4.79 Å². The molecule has 5 rings (SSSR count). The van der Waals surface area contributed by atoms with E-state index in [0.717, 1.165) is 47.6 Å². The van der Waals surface area contributed by atoms with Crippen LogP contribution in [0, 0.1) is 0 Å². The van der Waals surface area contributed by atoms with Gasteiger partial charge < -0.3 is 5.32 Å². The highest BCUT2D eigenvalue weighted by Gasteiger charge is 2.25. The zero-order valence-corrected chi connectivity index (χ0v) is 17.4. The SMILES string of the molecule is O=C(CC(c1ccccc1)c1ccccc1)Nc1c2c(nn1-c1ccccc1)CCC2. The number of fused-ring (bicyclic) bond motifs is 1. The highest BCUT2D eigenvalue weighted by molar-refractivity contribution is 5.92. The molecule has 0 aliphatic heterocycles. The Hall–Kier alpha value is -3.66. The normalized spacial score (nSPS) is 12.7. The first-order valence-corrected chi connectivity index (χ1v) is 10.9. The predicted molar refractivity (Wildman–Crippen MR) is 124 cm³/mol. The van der Waals surface area contributed by atoms with Crippen molar-refractivity contribution in [1.82, 2.24) is 9.78 Å². The number of hydrogen-bond donors (Lipinski definition) is 1. The van der Waals surface area contributed by atoms with E-state index in [1.54, 1.807) is 0 Å². The van der Waals surface area contributed by atoms with Crippen LogP contribution in [0.2, 0.25) is 0 Å². The van der Waals surface area contributed by atoms with E-state index in [0.29, 0.717) is 6.42 Å². The first-order chi connectivity index (χ1) is 15.3. The lowest BCUT2D eigenvalue weighted by Crippen LogP contribution is -2.19. The second kappa shape index (κ2) is 8.60. The van der Waals surface area contributed by atoms with E-state index in [9.17, 15) is 4.79 Å². The van der Waals surface area contributed by atoms with Crippen LogP contribution < -0.4 is 5.32 Å². The molecule has 4 nitrogen and oxygen atoms in total. The van der Waals surface area contributed by atoms with Gasteiger partial charge in [0.1, 0.15) is 5.82 Å². The van der Waals surface area contributed by atoms with E-state index in [2.05, 4.69) is 29.6 Å². The Balaban J connectivity index is 1.45. The lowest BCUT2D eigenvalue weighted by atomic mass is 9.88. The molecule has 154 valence electrons.